The number of nitrogens with one attached hydrogen (secondary N) is 2. The van der Waals surface area contributed by atoms with Gasteiger partial charge < -0.3 is 20.6 Å². The highest BCUT2D eigenvalue weighted by molar-refractivity contribution is 6.07. The minimum atomic E-state index is -0.947. The lowest BCUT2D eigenvalue weighted by Gasteiger charge is -2.23. The van der Waals surface area contributed by atoms with Crippen LogP contribution in [0.4, 0.5) is 5.69 Å². The summed E-state index contributed by atoms with van der Waals surface area (Å²) < 4.78 is 0. The van der Waals surface area contributed by atoms with Crippen LogP contribution in [0.3, 0.4) is 0 Å². The summed E-state index contributed by atoms with van der Waals surface area (Å²) in [6.07, 6.45) is 1.96. The smallest absolute Gasteiger partial charge is 0.237 e. The number of carbonyl (C=O) groups is 3. The van der Waals surface area contributed by atoms with Crippen molar-refractivity contribution in [2.24, 2.45) is 5.92 Å². The highest BCUT2D eigenvalue weighted by atomic mass is 16.3. The molecule has 2 fully saturated rings. The van der Waals surface area contributed by atoms with E-state index in [0.29, 0.717) is 12.2 Å². The molecule has 4 atom stereocenters. The summed E-state index contributed by atoms with van der Waals surface area (Å²) in [5, 5.41) is 25.0. The van der Waals surface area contributed by atoms with E-state index in [1.165, 1.54) is 4.90 Å². The molecular formula is C21H24N4O4. The van der Waals surface area contributed by atoms with Gasteiger partial charge in [-0.2, -0.15) is 5.26 Å². The van der Waals surface area contributed by atoms with Crippen LogP contribution in [0, 0.1) is 17.2 Å². The van der Waals surface area contributed by atoms with Crippen molar-refractivity contribution >= 4 is 23.4 Å². The van der Waals surface area contributed by atoms with E-state index in [9.17, 15) is 24.8 Å². The van der Waals surface area contributed by atoms with Gasteiger partial charge in [0.05, 0.1) is 17.6 Å². The van der Waals surface area contributed by atoms with E-state index >= 15 is 0 Å². The molecule has 3 amide bonds. The van der Waals surface area contributed by atoms with Crippen LogP contribution >= 0.6 is 0 Å². The number of para-hydroxylation sites is 1. The lowest BCUT2D eigenvalue weighted by molar-refractivity contribution is -0.136. The van der Waals surface area contributed by atoms with Crippen LogP contribution < -0.4 is 10.6 Å². The monoisotopic (exact) mass is 396 g/mol. The van der Waals surface area contributed by atoms with Crippen LogP contribution in [0.1, 0.15) is 37.7 Å². The fourth-order valence-electron chi connectivity index (χ4n) is 4.82. The second kappa shape index (κ2) is 7.48. The van der Waals surface area contributed by atoms with Crippen molar-refractivity contribution in [3.8, 4) is 6.07 Å². The van der Waals surface area contributed by atoms with Crippen LogP contribution in [-0.2, 0) is 19.8 Å². The third kappa shape index (κ3) is 3.36. The Labute approximate surface area is 168 Å². The molecule has 2 aliphatic heterocycles. The van der Waals surface area contributed by atoms with Gasteiger partial charge in [-0.1, -0.05) is 24.6 Å². The number of aliphatic hydroxyl groups excluding tert-OH is 1. The molecule has 8 heteroatoms. The first-order valence-electron chi connectivity index (χ1n) is 9.99. The quantitative estimate of drug-likeness (QED) is 0.646. The number of likely N-dealkylation sites (tertiary alicyclic amines) is 1. The summed E-state index contributed by atoms with van der Waals surface area (Å²) in [5.74, 6) is -1.08. The summed E-state index contributed by atoms with van der Waals surface area (Å²) in [4.78, 5) is 39.1. The van der Waals surface area contributed by atoms with E-state index < -0.39 is 29.4 Å². The molecule has 0 radical (unpaired) electrons. The largest absolute Gasteiger partial charge is 0.393 e. The SMILES string of the molecule is N#C[C@@H]1C[C@@]2(CN1C(=O)CC(=O)NC[C@H]1CCC[C@H]1O)C(=O)Nc1ccccc12. The molecule has 152 valence electrons. The van der Waals surface area contributed by atoms with Crippen molar-refractivity contribution in [1.29, 1.82) is 5.26 Å². The number of nitriles is 1. The minimum Gasteiger partial charge on any atom is -0.393 e. The van der Waals surface area contributed by atoms with Crippen LogP contribution in [0.5, 0.6) is 0 Å². The Morgan fingerprint density at radius 1 is 1.34 bits per heavy atom. The van der Waals surface area contributed by atoms with Gasteiger partial charge in [-0.15, -0.1) is 0 Å². The molecule has 1 aliphatic carbocycles. The van der Waals surface area contributed by atoms with Gasteiger partial charge in [0.1, 0.15) is 12.5 Å². The highest BCUT2D eigenvalue weighted by Gasteiger charge is 2.55. The molecule has 0 aromatic heterocycles. The van der Waals surface area contributed by atoms with Gasteiger partial charge in [-0.3, -0.25) is 14.4 Å². The zero-order valence-electron chi connectivity index (χ0n) is 16.1. The van der Waals surface area contributed by atoms with Gasteiger partial charge in [-0.25, -0.2) is 0 Å². The molecule has 1 aromatic carbocycles. The Morgan fingerprint density at radius 3 is 2.86 bits per heavy atom. The molecule has 0 bridgehead atoms. The highest BCUT2D eigenvalue weighted by Crippen LogP contribution is 2.46. The molecule has 0 unspecified atom stereocenters. The average molecular weight is 396 g/mol. The number of anilines is 1. The zero-order valence-corrected chi connectivity index (χ0v) is 16.1. The molecule has 2 heterocycles. The third-order valence-electron chi connectivity index (χ3n) is 6.45. The molecule has 8 nitrogen and oxygen atoms in total. The van der Waals surface area contributed by atoms with E-state index in [-0.39, 0.29) is 31.2 Å². The Balaban J connectivity index is 1.43. The predicted molar refractivity (Wildman–Crippen MR) is 103 cm³/mol. The molecule has 4 rings (SSSR count). The topological polar surface area (TPSA) is 123 Å². The van der Waals surface area contributed by atoms with Gasteiger partial charge in [0.2, 0.25) is 17.7 Å². The second-order valence-corrected chi connectivity index (χ2v) is 8.19. The van der Waals surface area contributed by atoms with Crippen molar-refractivity contribution in [3.05, 3.63) is 29.8 Å². The summed E-state index contributed by atoms with van der Waals surface area (Å²) in [6, 6.07) is 8.65. The van der Waals surface area contributed by atoms with E-state index in [1.807, 2.05) is 18.2 Å². The minimum absolute atomic E-state index is 0.0228. The maximum absolute atomic E-state index is 12.8. The molecule has 1 aromatic rings. The lowest BCUT2D eigenvalue weighted by Crippen LogP contribution is -2.42. The van der Waals surface area contributed by atoms with Crippen molar-refractivity contribution in [2.45, 2.75) is 49.7 Å². The normalized spacial score (nSPS) is 30.1. The average Bonchev–Trinajstić information content (AvgIpc) is 3.37. The maximum Gasteiger partial charge on any atom is 0.237 e. The summed E-state index contributed by atoms with van der Waals surface area (Å²) in [7, 11) is 0. The number of benzene rings is 1. The zero-order chi connectivity index (χ0) is 20.6. The molecule has 1 saturated heterocycles. The van der Waals surface area contributed by atoms with Gasteiger partial charge in [-0.05, 0) is 24.5 Å². The van der Waals surface area contributed by atoms with Crippen molar-refractivity contribution in [2.75, 3.05) is 18.4 Å². The fourth-order valence-corrected chi connectivity index (χ4v) is 4.82. The first-order chi connectivity index (χ1) is 13.9. The number of nitrogens with zero attached hydrogens (tertiary/aromatic N) is 2. The van der Waals surface area contributed by atoms with Gasteiger partial charge in [0, 0.05) is 31.1 Å². The number of aliphatic hydroxyl groups is 1. The summed E-state index contributed by atoms with van der Waals surface area (Å²) in [6.45, 7) is 0.427. The first-order valence-corrected chi connectivity index (χ1v) is 9.99. The first kappa shape index (κ1) is 19.4. The predicted octanol–water partition coefficient (Wildman–Crippen LogP) is 0.668. The van der Waals surface area contributed by atoms with E-state index in [4.69, 9.17) is 0 Å². The van der Waals surface area contributed by atoms with Crippen molar-refractivity contribution in [3.63, 3.8) is 0 Å². The summed E-state index contributed by atoms with van der Waals surface area (Å²) in [5.41, 5.74) is 0.549. The Kier molecular flexibility index (Phi) is 5.01. The second-order valence-electron chi connectivity index (χ2n) is 8.19. The maximum atomic E-state index is 12.8. The molecule has 1 spiro atoms. The molecular weight excluding hydrogens is 372 g/mol. The van der Waals surface area contributed by atoms with E-state index in [1.54, 1.807) is 6.07 Å². The molecule has 3 aliphatic rings. The van der Waals surface area contributed by atoms with Gasteiger partial charge in [0.25, 0.3) is 0 Å². The van der Waals surface area contributed by atoms with E-state index in [0.717, 1.165) is 24.8 Å². The Morgan fingerprint density at radius 2 is 2.14 bits per heavy atom. The lowest BCUT2D eigenvalue weighted by atomic mass is 9.80. The van der Waals surface area contributed by atoms with Gasteiger partial charge >= 0.3 is 0 Å². The van der Waals surface area contributed by atoms with Crippen LogP contribution in [0.2, 0.25) is 0 Å². The molecule has 29 heavy (non-hydrogen) atoms. The van der Waals surface area contributed by atoms with Gasteiger partial charge in [0.15, 0.2) is 0 Å². The Bertz CT molecular complexity index is 895. The standard InChI is InChI=1S/C21H24N4O4/c22-10-14-9-21(15-5-1-2-6-16(15)24-20(21)29)12-25(14)19(28)8-18(27)23-11-13-4-3-7-17(13)26/h1-2,5-6,13-14,17,26H,3-4,7-9,11-12H2,(H,23,27)(H,24,29)/t13-,14+,17-,21+/m1/s1. The fraction of sp³-hybridized carbons (Fsp3) is 0.524. The number of carbonyl (C=O) groups excluding carboxylic acids is 3. The van der Waals surface area contributed by atoms with Crippen LogP contribution in [-0.4, -0.2) is 53.0 Å². The molecule has 1 saturated carbocycles. The number of hydrogen-bond donors (Lipinski definition) is 3. The number of hydrogen-bond acceptors (Lipinski definition) is 5. The third-order valence-corrected chi connectivity index (χ3v) is 6.45. The summed E-state index contributed by atoms with van der Waals surface area (Å²) >= 11 is 0. The van der Waals surface area contributed by atoms with Crippen LogP contribution in [0.25, 0.3) is 0 Å². The van der Waals surface area contributed by atoms with Crippen molar-refractivity contribution < 1.29 is 19.5 Å². The van der Waals surface area contributed by atoms with Crippen LogP contribution in [0.15, 0.2) is 24.3 Å². The number of amides is 3. The molecule has 3 N–H and O–H groups in total. The number of fused-ring (bicyclic) bond motifs is 2. The van der Waals surface area contributed by atoms with Crippen molar-refractivity contribution in [1.82, 2.24) is 10.2 Å². The number of rotatable bonds is 4. The van der Waals surface area contributed by atoms with E-state index in [2.05, 4.69) is 16.7 Å². The Hall–Kier alpha value is -2.92.